The van der Waals surface area contributed by atoms with Gasteiger partial charge in [-0.1, -0.05) is 24.6 Å². The molecule has 1 aromatic carbocycles. The molecule has 0 radical (unpaired) electrons. The molecule has 3 unspecified atom stereocenters. The number of nitrogens with zero attached hydrogens (tertiary/aromatic N) is 1. The number of anilines is 1. The third-order valence-electron chi connectivity index (χ3n) is 6.34. The molecule has 3 atom stereocenters. The van der Waals surface area contributed by atoms with Crippen molar-refractivity contribution in [1.29, 1.82) is 0 Å². The van der Waals surface area contributed by atoms with Gasteiger partial charge in [-0.2, -0.15) is 0 Å². The van der Waals surface area contributed by atoms with E-state index < -0.39 is 0 Å². The van der Waals surface area contributed by atoms with E-state index in [-0.39, 0.29) is 5.60 Å². The van der Waals surface area contributed by atoms with Gasteiger partial charge in [0.2, 0.25) is 0 Å². The highest BCUT2D eigenvalue weighted by atomic mass is 16.3. The standard InChI is InChI=1S/C19H27NO/c21-19(14-17-13-15-6-7-16(17)12-15)8-10-20(11-9-19)18-4-2-1-3-5-18/h1-5,15-17,21H,6-14H2. The summed E-state index contributed by atoms with van der Waals surface area (Å²) in [5.41, 5.74) is 0.917. The molecule has 21 heavy (non-hydrogen) atoms. The zero-order chi connectivity index (χ0) is 14.3. The van der Waals surface area contributed by atoms with Crippen LogP contribution in [0.15, 0.2) is 30.3 Å². The van der Waals surface area contributed by atoms with Crippen molar-refractivity contribution in [2.24, 2.45) is 17.8 Å². The van der Waals surface area contributed by atoms with Crippen LogP contribution < -0.4 is 4.90 Å². The van der Waals surface area contributed by atoms with Crippen LogP contribution in [0.25, 0.3) is 0 Å². The fraction of sp³-hybridized carbons (Fsp3) is 0.684. The largest absolute Gasteiger partial charge is 0.390 e. The van der Waals surface area contributed by atoms with Crippen LogP contribution in [0, 0.1) is 17.8 Å². The van der Waals surface area contributed by atoms with Gasteiger partial charge in [0.25, 0.3) is 0 Å². The summed E-state index contributed by atoms with van der Waals surface area (Å²) in [4.78, 5) is 2.43. The van der Waals surface area contributed by atoms with Crippen molar-refractivity contribution in [3.63, 3.8) is 0 Å². The lowest BCUT2D eigenvalue weighted by Gasteiger charge is -2.41. The number of aliphatic hydroxyl groups is 1. The highest BCUT2D eigenvalue weighted by molar-refractivity contribution is 5.46. The molecule has 3 fully saturated rings. The first-order valence-electron chi connectivity index (χ1n) is 8.74. The predicted molar refractivity (Wildman–Crippen MR) is 86.4 cm³/mol. The average Bonchev–Trinajstić information content (AvgIpc) is 3.11. The Bertz CT molecular complexity index is 478. The molecule has 2 aliphatic carbocycles. The first-order valence-corrected chi connectivity index (χ1v) is 8.74. The van der Waals surface area contributed by atoms with Crippen molar-refractivity contribution in [2.45, 2.75) is 50.5 Å². The zero-order valence-electron chi connectivity index (χ0n) is 12.9. The molecule has 3 aliphatic rings. The number of hydrogen-bond donors (Lipinski definition) is 1. The molecule has 4 rings (SSSR count). The van der Waals surface area contributed by atoms with Crippen LogP contribution in [0.2, 0.25) is 0 Å². The highest BCUT2D eigenvalue weighted by Crippen LogP contribution is 2.51. The van der Waals surface area contributed by atoms with E-state index in [1.54, 1.807) is 0 Å². The fourth-order valence-corrected chi connectivity index (χ4v) is 5.14. The molecule has 2 saturated carbocycles. The van der Waals surface area contributed by atoms with Gasteiger partial charge in [-0.25, -0.2) is 0 Å². The van der Waals surface area contributed by atoms with Gasteiger partial charge in [0.1, 0.15) is 0 Å². The van der Waals surface area contributed by atoms with Crippen LogP contribution in [0.1, 0.15) is 44.9 Å². The Hall–Kier alpha value is -1.02. The molecular formula is C19H27NO. The van der Waals surface area contributed by atoms with Gasteiger partial charge >= 0.3 is 0 Å². The minimum atomic E-state index is -0.388. The SMILES string of the molecule is OC1(CC2CC3CCC2C3)CCN(c2ccccc2)CC1. The maximum Gasteiger partial charge on any atom is 0.0684 e. The van der Waals surface area contributed by atoms with E-state index in [0.29, 0.717) is 0 Å². The minimum Gasteiger partial charge on any atom is -0.390 e. The second-order valence-electron chi connectivity index (χ2n) is 7.69. The van der Waals surface area contributed by atoms with Crippen molar-refractivity contribution in [3.05, 3.63) is 30.3 Å². The molecule has 1 aliphatic heterocycles. The summed E-state index contributed by atoms with van der Waals surface area (Å²) in [6.45, 7) is 2.00. The summed E-state index contributed by atoms with van der Waals surface area (Å²) < 4.78 is 0. The molecule has 1 aromatic rings. The third kappa shape index (κ3) is 2.70. The lowest BCUT2D eigenvalue weighted by atomic mass is 9.76. The molecule has 0 amide bonds. The smallest absolute Gasteiger partial charge is 0.0684 e. The number of benzene rings is 1. The lowest BCUT2D eigenvalue weighted by Crippen LogP contribution is -2.45. The highest BCUT2D eigenvalue weighted by Gasteiger charge is 2.44. The van der Waals surface area contributed by atoms with Crippen molar-refractivity contribution in [1.82, 2.24) is 0 Å². The molecular weight excluding hydrogens is 258 g/mol. The van der Waals surface area contributed by atoms with E-state index in [4.69, 9.17) is 0 Å². The van der Waals surface area contributed by atoms with Gasteiger partial charge in [0, 0.05) is 18.8 Å². The fourth-order valence-electron chi connectivity index (χ4n) is 5.14. The van der Waals surface area contributed by atoms with E-state index in [1.807, 2.05) is 0 Å². The maximum absolute atomic E-state index is 11.0. The number of rotatable bonds is 3. The van der Waals surface area contributed by atoms with Gasteiger partial charge in [-0.05, 0) is 68.4 Å². The lowest BCUT2D eigenvalue weighted by molar-refractivity contribution is -0.0137. The van der Waals surface area contributed by atoms with E-state index in [0.717, 1.165) is 50.1 Å². The molecule has 2 heteroatoms. The van der Waals surface area contributed by atoms with Gasteiger partial charge in [-0.15, -0.1) is 0 Å². The minimum absolute atomic E-state index is 0.388. The monoisotopic (exact) mass is 285 g/mol. The van der Waals surface area contributed by atoms with Crippen LogP contribution in [-0.4, -0.2) is 23.8 Å². The van der Waals surface area contributed by atoms with Crippen molar-refractivity contribution >= 4 is 5.69 Å². The van der Waals surface area contributed by atoms with E-state index in [2.05, 4.69) is 35.2 Å². The Labute approximate surface area is 128 Å². The quantitative estimate of drug-likeness (QED) is 0.912. The van der Waals surface area contributed by atoms with Crippen molar-refractivity contribution < 1.29 is 5.11 Å². The van der Waals surface area contributed by atoms with Crippen LogP contribution in [0.5, 0.6) is 0 Å². The summed E-state index contributed by atoms with van der Waals surface area (Å²) in [7, 11) is 0. The predicted octanol–water partition coefficient (Wildman–Crippen LogP) is 3.84. The Morgan fingerprint density at radius 2 is 1.81 bits per heavy atom. The summed E-state index contributed by atoms with van der Waals surface area (Å²) in [5.74, 6) is 2.75. The molecule has 1 saturated heterocycles. The maximum atomic E-state index is 11.0. The van der Waals surface area contributed by atoms with Gasteiger partial charge in [0.15, 0.2) is 0 Å². The van der Waals surface area contributed by atoms with Gasteiger partial charge < -0.3 is 10.0 Å². The topological polar surface area (TPSA) is 23.5 Å². The van der Waals surface area contributed by atoms with Crippen LogP contribution in [0.3, 0.4) is 0 Å². The van der Waals surface area contributed by atoms with Gasteiger partial charge in [-0.3, -0.25) is 0 Å². The molecule has 2 bridgehead atoms. The second-order valence-corrected chi connectivity index (χ2v) is 7.69. The average molecular weight is 285 g/mol. The number of para-hydroxylation sites is 1. The zero-order valence-corrected chi connectivity index (χ0v) is 12.9. The summed E-state index contributed by atoms with van der Waals surface area (Å²) >= 11 is 0. The van der Waals surface area contributed by atoms with Crippen molar-refractivity contribution in [2.75, 3.05) is 18.0 Å². The van der Waals surface area contributed by atoms with Crippen molar-refractivity contribution in [3.8, 4) is 0 Å². The molecule has 0 aromatic heterocycles. The number of hydrogen-bond acceptors (Lipinski definition) is 2. The normalized spacial score (nSPS) is 34.3. The number of piperidine rings is 1. The molecule has 114 valence electrons. The number of fused-ring (bicyclic) bond motifs is 2. The first-order chi connectivity index (χ1) is 10.2. The van der Waals surface area contributed by atoms with E-state index in [9.17, 15) is 5.11 Å². The summed E-state index contributed by atoms with van der Waals surface area (Å²) in [6.07, 6.45) is 8.69. The molecule has 0 spiro atoms. The third-order valence-corrected chi connectivity index (χ3v) is 6.34. The Morgan fingerprint density at radius 1 is 1.05 bits per heavy atom. The van der Waals surface area contributed by atoms with Crippen LogP contribution >= 0.6 is 0 Å². The Morgan fingerprint density at radius 3 is 2.43 bits per heavy atom. The Kier molecular flexibility index (Phi) is 3.45. The first kappa shape index (κ1) is 13.6. The van der Waals surface area contributed by atoms with Crippen LogP contribution in [0.4, 0.5) is 5.69 Å². The van der Waals surface area contributed by atoms with E-state index in [1.165, 1.54) is 31.4 Å². The van der Waals surface area contributed by atoms with Gasteiger partial charge in [0.05, 0.1) is 5.60 Å². The molecule has 1 N–H and O–H groups in total. The molecule has 1 heterocycles. The second kappa shape index (κ2) is 5.31. The molecule has 2 nitrogen and oxygen atoms in total. The van der Waals surface area contributed by atoms with Crippen LogP contribution in [-0.2, 0) is 0 Å². The van der Waals surface area contributed by atoms with E-state index >= 15 is 0 Å². The Balaban J connectivity index is 1.35. The summed E-state index contributed by atoms with van der Waals surface area (Å²) in [5, 5.41) is 11.0. The summed E-state index contributed by atoms with van der Waals surface area (Å²) in [6, 6.07) is 10.6.